The molecule has 0 radical (unpaired) electrons. The monoisotopic (exact) mass is 379 g/mol. The summed E-state index contributed by atoms with van der Waals surface area (Å²) in [6.07, 6.45) is 0. The van der Waals surface area contributed by atoms with Crippen molar-refractivity contribution in [2.75, 3.05) is 51.8 Å². The average Bonchev–Trinajstić information content (AvgIpc) is 2.85. The maximum absolute atomic E-state index is 12.4. The number of hydrogen-bond acceptors (Lipinski definition) is 5. The van der Waals surface area contributed by atoms with Crippen LogP contribution in [0.4, 0.5) is 0 Å². The van der Waals surface area contributed by atoms with Crippen LogP contribution in [0.3, 0.4) is 0 Å². The first-order valence-electron chi connectivity index (χ1n) is 9.52. The summed E-state index contributed by atoms with van der Waals surface area (Å²) in [5.41, 5.74) is 1.40. The molecule has 26 heavy (non-hydrogen) atoms. The van der Waals surface area contributed by atoms with Crippen LogP contribution in [0.1, 0.15) is 19.4 Å². The highest BCUT2D eigenvalue weighted by Gasteiger charge is 2.47. The van der Waals surface area contributed by atoms with Gasteiger partial charge in [-0.15, -0.1) is 0 Å². The van der Waals surface area contributed by atoms with Crippen molar-refractivity contribution in [2.24, 2.45) is 5.41 Å². The fourth-order valence-electron chi connectivity index (χ4n) is 4.76. The third kappa shape index (κ3) is 4.85. The first-order valence-corrected chi connectivity index (χ1v) is 11.3. The van der Waals surface area contributed by atoms with Gasteiger partial charge >= 0.3 is 0 Å². The van der Waals surface area contributed by atoms with Crippen molar-refractivity contribution in [2.45, 2.75) is 32.5 Å². The quantitative estimate of drug-likeness (QED) is 0.750. The molecule has 6 heteroatoms. The van der Waals surface area contributed by atoms with Crippen molar-refractivity contribution < 1.29 is 8.42 Å². The van der Waals surface area contributed by atoms with Crippen LogP contribution in [-0.2, 0) is 16.4 Å². The van der Waals surface area contributed by atoms with Crippen LogP contribution in [0.15, 0.2) is 30.3 Å². The van der Waals surface area contributed by atoms with Crippen LogP contribution in [0, 0.1) is 5.41 Å². The van der Waals surface area contributed by atoms with E-state index in [9.17, 15) is 8.42 Å². The molecule has 5 nitrogen and oxygen atoms in total. The molecule has 0 aromatic heterocycles. The van der Waals surface area contributed by atoms with E-state index in [1.165, 1.54) is 5.56 Å². The van der Waals surface area contributed by atoms with Gasteiger partial charge in [0.25, 0.3) is 0 Å². The van der Waals surface area contributed by atoms with Gasteiger partial charge in [-0.25, -0.2) is 8.42 Å². The highest BCUT2D eigenvalue weighted by atomic mass is 32.2. The molecule has 2 heterocycles. The third-order valence-electron chi connectivity index (χ3n) is 5.51. The SMILES string of the molecule is CN(C)CC(C)(C)CN1CCN(Cc2ccccc2)[C@@H]2CS(=O)(=O)C[C@@H]21. The molecule has 2 aliphatic heterocycles. The Labute approximate surface area is 158 Å². The summed E-state index contributed by atoms with van der Waals surface area (Å²) in [4.78, 5) is 7.05. The van der Waals surface area contributed by atoms with Crippen molar-refractivity contribution in [3.63, 3.8) is 0 Å². The topological polar surface area (TPSA) is 43.9 Å². The molecule has 0 spiro atoms. The zero-order valence-corrected chi connectivity index (χ0v) is 17.4. The van der Waals surface area contributed by atoms with E-state index in [1.54, 1.807) is 0 Å². The molecule has 2 fully saturated rings. The lowest BCUT2D eigenvalue weighted by atomic mass is 9.90. The van der Waals surface area contributed by atoms with Crippen molar-refractivity contribution in [3.05, 3.63) is 35.9 Å². The number of nitrogens with zero attached hydrogens (tertiary/aromatic N) is 3. The molecule has 146 valence electrons. The molecule has 2 aliphatic rings. The fraction of sp³-hybridized carbons (Fsp3) is 0.700. The van der Waals surface area contributed by atoms with Crippen LogP contribution in [0.2, 0.25) is 0 Å². The Hall–Kier alpha value is -0.950. The fourth-order valence-corrected chi connectivity index (χ4v) is 6.81. The van der Waals surface area contributed by atoms with Crippen molar-refractivity contribution in [1.82, 2.24) is 14.7 Å². The van der Waals surface area contributed by atoms with E-state index in [2.05, 4.69) is 66.9 Å². The summed E-state index contributed by atoms with van der Waals surface area (Å²) in [6, 6.07) is 10.6. The van der Waals surface area contributed by atoms with Crippen LogP contribution >= 0.6 is 0 Å². The molecule has 0 amide bonds. The van der Waals surface area contributed by atoms with Gasteiger partial charge in [0.1, 0.15) is 0 Å². The van der Waals surface area contributed by atoms with Gasteiger partial charge in [0.15, 0.2) is 9.84 Å². The second kappa shape index (κ2) is 7.58. The third-order valence-corrected chi connectivity index (χ3v) is 7.21. The summed E-state index contributed by atoms with van der Waals surface area (Å²) in [7, 11) is 1.24. The van der Waals surface area contributed by atoms with Crippen molar-refractivity contribution in [1.29, 1.82) is 0 Å². The predicted octanol–water partition coefficient (Wildman–Crippen LogP) is 1.56. The largest absolute Gasteiger partial charge is 0.309 e. The number of fused-ring (bicyclic) bond motifs is 1. The minimum Gasteiger partial charge on any atom is -0.309 e. The second-order valence-corrected chi connectivity index (χ2v) is 11.2. The molecule has 2 atom stereocenters. The van der Waals surface area contributed by atoms with E-state index in [4.69, 9.17) is 0 Å². The van der Waals surface area contributed by atoms with E-state index in [0.29, 0.717) is 11.5 Å². The lowest BCUT2D eigenvalue weighted by Crippen LogP contribution is -2.60. The summed E-state index contributed by atoms with van der Waals surface area (Å²) in [5, 5.41) is 0. The number of benzene rings is 1. The van der Waals surface area contributed by atoms with Gasteiger partial charge in [-0.05, 0) is 25.1 Å². The van der Waals surface area contributed by atoms with Gasteiger partial charge < -0.3 is 4.90 Å². The minimum atomic E-state index is -2.96. The number of rotatable bonds is 6. The smallest absolute Gasteiger partial charge is 0.153 e. The molecule has 1 aromatic rings. The number of piperazine rings is 1. The molecule has 0 unspecified atom stereocenters. The molecular formula is C20H33N3O2S. The molecule has 0 aliphatic carbocycles. The van der Waals surface area contributed by atoms with Gasteiger partial charge in [0.05, 0.1) is 11.5 Å². The zero-order chi connectivity index (χ0) is 18.9. The van der Waals surface area contributed by atoms with Gasteiger partial charge in [0, 0.05) is 44.8 Å². The van der Waals surface area contributed by atoms with Crippen LogP contribution in [0.25, 0.3) is 0 Å². The van der Waals surface area contributed by atoms with Gasteiger partial charge in [0.2, 0.25) is 0 Å². The van der Waals surface area contributed by atoms with E-state index in [0.717, 1.165) is 32.7 Å². The Morgan fingerprint density at radius 3 is 2.23 bits per heavy atom. The lowest BCUT2D eigenvalue weighted by Gasteiger charge is -2.46. The number of sulfone groups is 1. The van der Waals surface area contributed by atoms with E-state index < -0.39 is 9.84 Å². The summed E-state index contributed by atoms with van der Waals surface area (Å²) < 4.78 is 24.8. The first kappa shape index (κ1) is 19.8. The van der Waals surface area contributed by atoms with Gasteiger partial charge in [-0.2, -0.15) is 0 Å². The Morgan fingerprint density at radius 2 is 1.62 bits per heavy atom. The Balaban J connectivity index is 1.74. The van der Waals surface area contributed by atoms with Crippen LogP contribution < -0.4 is 0 Å². The summed E-state index contributed by atoms with van der Waals surface area (Å²) in [6.45, 7) is 9.22. The molecule has 0 bridgehead atoms. The summed E-state index contributed by atoms with van der Waals surface area (Å²) in [5.74, 6) is 0.607. The Bertz CT molecular complexity index is 703. The zero-order valence-electron chi connectivity index (χ0n) is 16.6. The lowest BCUT2D eigenvalue weighted by molar-refractivity contribution is 0.0143. The van der Waals surface area contributed by atoms with Gasteiger partial charge in [-0.1, -0.05) is 44.2 Å². The standard InChI is InChI=1S/C20H33N3O2S/c1-20(2,15-21(3)4)16-23-11-10-22(12-17-8-6-5-7-9-17)18-13-26(24,25)14-19(18)23/h5-9,18-19H,10-16H2,1-4H3/t18-,19+/m1/s1. The molecule has 0 N–H and O–H groups in total. The maximum Gasteiger partial charge on any atom is 0.153 e. The van der Waals surface area contributed by atoms with Crippen molar-refractivity contribution in [3.8, 4) is 0 Å². The van der Waals surface area contributed by atoms with Gasteiger partial charge in [-0.3, -0.25) is 9.80 Å². The molecule has 3 rings (SSSR count). The van der Waals surface area contributed by atoms with Crippen molar-refractivity contribution >= 4 is 9.84 Å². The predicted molar refractivity (Wildman–Crippen MR) is 107 cm³/mol. The summed E-state index contributed by atoms with van der Waals surface area (Å²) >= 11 is 0. The van der Waals surface area contributed by atoms with Crippen LogP contribution in [0.5, 0.6) is 0 Å². The van der Waals surface area contributed by atoms with E-state index in [1.807, 2.05) is 6.07 Å². The molecular weight excluding hydrogens is 346 g/mol. The molecule has 2 saturated heterocycles. The number of hydrogen-bond donors (Lipinski definition) is 0. The molecule has 0 saturated carbocycles. The second-order valence-electron chi connectivity index (χ2n) is 9.04. The van der Waals surface area contributed by atoms with Crippen LogP contribution in [-0.4, -0.2) is 87.0 Å². The highest BCUT2D eigenvalue weighted by Crippen LogP contribution is 2.31. The normalized spacial score (nSPS) is 27.0. The Kier molecular flexibility index (Phi) is 5.78. The van der Waals surface area contributed by atoms with E-state index in [-0.39, 0.29) is 17.5 Å². The average molecular weight is 380 g/mol. The Morgan fingerprint density at radius 1 is 1.04 bits per heavy atom. The maximum atomic E-state index is 12.4. The van der Waals surface area contributed by atoms with E-state index >= 15 is 0 Å². The molecule has 1 aromatic carbocycles. The highest BCUT2D eigenvalue weighted by molar-refractivity contribution is 7.91. The first-order chi connectivity index (χ1) is 12.2. The minimum absolute atomic E-state index is 0.115.